The smallest absolute Gasteiger partial charge is 0.197 e. The van der Waals surface area contributed by atoms with Crippen LogP contribution in [0.3, 0.4) is 0 Å². The maximum Gasteiger partial charge on any atom is 0.197 e. The summed E-state index contributed by atoms with van der Waals surface area (Å²) in [6.07, 6.45) is 2.11. The van der Waals surface area contributed by atoms with E-state index in [2.05, 4.69) is 0 Å². The Balaban J connectivity index is 2.41. The van der Waals surface area contributed by atoms with Crippen LogP contribution in [0.5, 0.6) is 0 Å². The summed E-state index contributed by atoms with van der Waals surface area (Å²) in [7, 11) is 0. The van der Waals surface area contributed by atoms with Crippen molar-refractivity contribution in [2.75, 3.05) is 0 Å². The van der Waals surface area contributed by atoms with Gasteiger partial charge in [-0.15, -0.1) is 0 Å². The monoisotopic (exact) mass is 202 g/mol. The molecule has 1 N–H and O–H groups in total. The van der Waals surface area contributed by atoms with Crippen molar-refractivity contribution in [1.82, 2.24) is 0 Å². The molecule has 1 aliphatic carbocycles. The Morgan fingerprint density at radius 1 is 1.13 bits per heavy atom. The van der Waals surface area contributed by atoms with Crippen molar-refractivity contribution in [3.8, 4) is 0 Å². The highest BCUT2D eigenvalue weighted by atomic mass is 16.3. The predicted molar refractivity (Wildman–Crippen MR) is 59.6 cm³/mol. The third-order valence-corrected chi connectivity index (χ3v) is 2.78. The van der Waals surface area contributed by atoms with Crippen molar-refractivity contribution in [3.63, 3.8) is 0 Å². The maximum absolute atomic E-state index is 11.3. The lowest BCUT2D eigenvalue weighted by Gasteiger charge is -2.15. The summed E-state index contributed by atoms with van der Waals surface area (Å²) in [5.41, 5.74) is 2.94. The van der Waals surface area contributed by atoms with E-state index >= 15 is 0 Å². The largest absolute Gasteiger partial charge is 0.504 e. The van der Waals surface area contributed by atoms with Crippen molar-refractivity contribution in [2.24, 2.45) is 0 Å². The van der Waals surface area contributed by atoms with Crippen molar-refractivity contribution < 1.29 is 9.90 Å². The Morgan fingerprint density at radius 2 is 1.80 bits per heavy atom. The maximum atomic E-state index is 11.3. The minimum atomic E-state index is -0.128. The van der Waals surface area contributed by atoms with Gasteiger partial charge in [0.15, 0.2) is 11.5 Å². The first-order valence-electron chi connectivity index (χ1n) is 5.21. The molecule has 0 radical (unpaired) electrons. The summed E-state index contributed by atoms with van der Waals surface area (Å²) < 4.78 is 0. The highest BCUT2D eigenvalue weighted by Crippen LogP contribution is 2.29. The van der Waals surface area contributed by atoms with Gasteiger partial charge in [-0.2, -0.15) is 0 Å². The summed E-state index contributed by atoms with van der Waals surface area (Å²) in [6, 6.07) is 7.91. The fourth-order valence-corrected chi connectivity index (χ4v) is 1.87. The van der Waals surface area contributed by atoms with Crippen LogP contribution in [0.1, 0.15) is 30.4 Å². The summed E-state index contributed by atoms with van der Waals surface area (Å²) in [4.78, 5) is 11.3. The van der Waals surface area contributed by atoms with Gasteiger partial charge in [0.2, 0.25) is 0 Å². The Bertz CT molecular complexity index is 413. The van der Waals surface area contributed by atoms with Gasteiger partial charge in [-0.1, -0.05) is 29.8 Å². The third-order valence-electron chi connectivity index (χ3n) is 2.78. The molecular formula is C13H14O2. The molecule has 1 aromatic carbocycles. The van der Waals surface area contributed by atoms with Gasteiger partial charge < -0.3 is 5.11 Å². The molecule has 0 saturated carbocycles. The number of aliphatic hydroxyl groups excluding tert-OH is 1. The van der Waals surface area contributed by atoms with Crippen LogP contribution in [0, 0.1) is 6.92 Å². The standard InChI is InChI=1S/C13H14O2/c1-9-5-7-10(8-6-9)11-3-2-4-12(14)13(11)15/h5-8,15H,2-4H2,1H3. The molecule has 0 fully saturated rings. The van der Waals surface area contributed by atoms with E-state index in [1.54, 1.807) is 0 Å². The number of benzene rings is 1. The zero-order chi connectivity index (χ0) is 10.8. The average molecular weight is 202 g/mol. The van der Waals surface area contributed by atoms with Gasteiger partial charge in [-0.3, -0.25) is 4.79 Å². The van der Waals surface area contributed by atoms with Gasteiger partial charge in [0, 0.05) is 12.0 Å². The molecule has 0 spiro atoms. The normalized spacial score (nSPS) is 17.0. The number of rotatable bonds is 1. The fourth-order valence-electron chi connectivity index (χ4n) is 1.87. The minimum Gasteiger partial charge on any atom is -0.504 e. The van der Waals surface area contributed by atoms with Gasteiger partial charge in [-0.05, 0) is 25.3 Å². The predicted octanol–water partition coefficient (Wildman–Crippen LogP) is 3.02. The van der Waals surface area contributed by atoms with E-state index in [1.807, 2.05) is 31.2 Å². The first-order chi connectivity index (χ1) is 7.18. The highest BCUT2D eigenvalue weighted by Gasteiger charge is 2.20. The van der Waals surface area contributed by atoms with Gasteiger partial charge in [0.25, 0.3) is 0 Å². The van der Waals surface area contributed by atoms with Crippen LogP contribution in [0.2, 0.25) is 0 Å². The first-order valence-corrected chi connectivity index (χ1v) is 5.21. The lowest BCUT2D eigenvalue weighted by atomic mass is 9.91. The molecule has 0 amide bonds. The van der Waals surface area contributed by atoms with E-state index < -0.39 is 0 Å². The van der Waals surface area contributed by atoms with Gasteiger partial charge in [-0.25, -0.2) is 0 Å². The molecule has 0 saturated heterocycles. The molecule has 15 heavy (non-hydrogen) atoms. The number of aliphatic hydroxyl groups is 1. The second-order valence-corrected chi connectivity index (χ2v) is 3.97. The van der Waals surface area contributed by atoms with E-state index in [4.69, 9.17) is 0 Å². The zero-order valence-corrected chi connectivity index (χ0v) is 8.79. The summed E-state index contributed by atoms with van der Waals surface area (Å²) in [5.74, 6) is -0.165. The van der Waals surface area contributed by atoms with Crippen LogP contribution in [-0.2, 0) is 4.79 Å². The van der Waals surface area contributed by atoms with Gasteiger partial charge in [0.05, 0.1) is 0 Å². The number of hydrogen-bond acceptors (Lipinski definition) is 2. The molecule has 0 heterocycles. The highest BCUT2D eigenvalue weighted by molar-refractivity contribution is 6.01. The number of ketones is 1. The van der Waals surface area contributed by atoms with Gasteiger partial charge in [0.1, 0.15) is 0 Å². The molecule has 0 bridgehead atoms. The quantitative estimate of drug-likeness (QED) is 0.760. The van der Waals surface area contributed by atoms with Crippen molar-refractivity contribution in [2.45, 2.75) is 26.2 Å². The average Bonchev–Trinajstić information content (AvgIpc) is 2.24. The molecule has 0 aromatic heterocycles. The first kappa shape index (κ1) is 9.97. The van der Waals surface area contributed by atoms with Crippen LogP contribution in [0.15, 0.2) is 30.0 Å². The van der Waals surface area contributed by atoms with E-state index in [0.29, 0.717) is 6.42 Å². The summed E-state index contributed by atoms with van der Waals surface area (Å²) in [6.45, 7) is 2.02. The molecule has 1 aliphatic rings. The van der Waals surface area contributed by atoms with Crippen LogP contribution < -0.4 is 0 Å². The number of carbonyl (C=O) groups excluding carboxylic acids is 1. The fraction of sp³-hybridized carbons (Fsp3) is 0.308. The molecule has 0 aliphatic heterocycles. The second kappa shape index (κ2) is 3.89. The minimum absolute atomic E-state index is 0.0369. The van der Waals surface area contributed by atoms with Crippen molar-refractivity contribution in [3.05, 3.63) is 41.2 Å². The summed E-state index contributed by atoms with van der Waals surface area (Å²) in [5, 5.41) is 9.69. The van der Waals surface area contributed by atoms with Crippen LogP contribution in [0.25, 0.3) is 5.57 Å². The van der Waals surface area contributed by atoms with Gasteiger partial charge >= 0.3 is 0 Å². The number of aryl methyl sites for hydroxylation is 1. The molecule has 0 unspecified atom stereocenters. The molecule has 2 heteroatoms. The molecule has 2 rings (SSSR count). The number of hydrogen-bond donors (Lipinski definition) is 1. The number of allylic oxidation sites excluding steroid dienone is 2. The third kappa shape index (κ3) is 1.94. The Morgan fingerprint density at radius 3 is 2.47 bits per heavy atom. The van der Waals surface area contributed by atoms with Crippen LogP contribution >= 0.6 is 0 Å². The molecular weight excluding hydrogens is 188 g/mol. The van der Waals surface area contributed by atoms with Crippen LogP contribution in [0.4, 0.5) is 0 Å². The molecule has 0 atom stereocenters. The molecule has 78 valence electrons. The Hall–Kier alpha value is -1.57. The lowest BCUT2D eigenvalue weighted by molar-refractivity contribution is -0.118. The van der Waals surface area contributed by atoms with Crippen molar-refractivity contribution >= 4 is 11.4 Å². The number of Topliss-reactive ketones (excluding diaryl/α,β-unsaturated/α-hetero) is 1. The summed E-state index contributed by atoms with van der Waals surface area (Å²) >= 11 is 0. The molecule has 2 nitrogen and oxygen atoms in total. The van der Waals surface area contributed by atoms with E-state index in [0.717, 1.165) is 24.0 Å². The topological polar surface area (TPSA) is 37.3 Å². The van der Waals surface area contributed by atoms with Crippen molar-refractivity contribution in [1.29, 1.82) is 0 Å². The molecule has 1 aromatic rings. The van der Waals surface area contributed by atoms with E-state index in [1.165, 1.54) is 5.56 Å². The Kier molecular flexibility index (Phi) is 2.58. The lowest BCUT2D eigenvalue weighted by Crippen LogP contribution is -2.10. The van der Waals surface area contributed by atoms with E-state index in [9.17, 15) is 9.90 Å². The zero-order valence-electron chi connectivity index (χ0n) is 8.79. The van der Waals surface area contributed by atoms with E-state index in [-0.39, 0.29) is 11.5 Å². The second-order valence-electron chi connectivity index (χ2n) is 3.97. The number of carbonyl (C=O) groups is 1. The Labute approximate surface area is 89.2 Å². The SMILES string of the molecule is Cc1ccc(C2=C(O)C(=O)CCC2)cc1. The van der Waals surface area contributed by atoms with Crippen LogP contribution in [-0.4, -0.2) is 10.9 Å².